The lowest BCUT2D eigenvalue weighted by molar-refractivity contribution is 0.0228. The monoisotopic (exact) mass is 446 g/mol. The van der Waals surface area contributed by atoms with Crippen molar-refractivity contribution >= 4 is 21.7 Å². The number of hydrogen-bond acceptors (Lipinski definition) is 3. The molecule has 0 radical (unpaired) electrons. The summed E-state index contributed by atoms with van der Waals surface area (Å²) in [5, 5.41) is 15.7. The fourth-order valence-corrected chi connectivity index (χ4v) is 4.85. The number of rotatable bonds is 7. The summed E-state index contributed by atoms with van der Waals surface area (Å²) in [5.41, 5.74) is 4.27. The molecule has 1 aromatic heterocycles. The highest BCUT2D eigenvalue weighted by Crippen LogP contribution is 2.37. The summed E-state index contributed by atoms with van der Waals surface area (Å²) in [6, 6.07) is 33.3. The minimum atomic E-state index is -1.01. The Morgan fingerprint density at radius 1 is 0.794 bits per heavy atom. The van der Waals surface area contributed by atoms with E-state index in [4.69, 9.17) is 0 Å². The summed E-state index contributed by atoms with van der Waals surface area (Å²) in [5.74, 6) is 0. The molecule has 1 heterocycles. The van der Waals surface area contributed by atoms with Gasteiger partial charge in [0.1, 0.15) is 0 Å². The zero-order valence-electron chi connectivity index (χ0n) is 19.8. The smallest absolute Gasteiger partial charge is 0.0955 e. The van der Waals surface area contributed by atoms with E-state index in [1.54, 1.807) is 0 Å². The van der Waals surface area contributed by atoms with Crippen LogP contribution in [0.25, 0.3) is 32.8 Å². The summed E-state index contributed by atoms with van der Waals surface area (Å²) >= 11 is 0. The molecule has 0 amide bonds. The summed E-state index contributed by atoms with van der Waals surface area (Å²) in [4.78, 5) is 6.82. The van der Waals surface area contributed by atoms with Gasteiger partial charge in [0, 0.05) is 30.1 Å². The molecule has 1 unspecified atom stereocenters. The maximum Gasteiger partial charge on any atom is 0.0955 e. The molecular weight excluding hydrogens is 416 g/mol. The topological polar surface area (TPSA) is 36.4 Å². The fraction of sp³-hybridized carbons (Fsp3) is 0.194. The van der Waals surface area contributed by atoms with Crippen LogP contribution in [0.15, 0.2) is 103 Å². The zero-order valence-corrected chi connectivity index (χ0v) is 19.8. The lowest BCUT2D eigenvalue weighted by Gasteiger charge is -2.32. The highest BCUT2D eigenvalue weighted by molar-refractivity contribution is 5.87. The van der Waals surface area contributed by atoms with E-state index in [2.05, 4.69) is 90.7 Å². The average Bonchev–Trinajstić information content (AvgIpc) is 2.87. The lowest BCUT2D eigenvalue weighted by atomic mass is 9.80. The van der Waals surface area contributed by atoms with E-state index >= 15 is 0 Å². The standard InChI is InChI=1S/C31H30N2O/c1-33(2)19-18-31(34,29-16-9-13-23-10-3-7-15-28(23)29)21-25-12-4-6-14-27(25)26-20-24-11-5-8-17-30(24)32-22-26/h3-17,20,22,34H,18-19,21H2,1-2H3. The maximum absolute atomic E-state index is 12.3. The minimum Gasteiger partial charge on any atom is -0.385 e. The third-order valence-electron chi connectivity index (χ3n) is 6.67. The number of para-hydroxylation sites is 1. The Kier molecular flexibility index (Phi) is 6.14. The third-order valence-corrected chi connectivity index (χ3v) is 6.67. The summed E-state index contributed by atoms with van der Waals surface area (Å²) in [7, 11) is 4.11. The molecule has 0 saturated heterocycles. The summed E-state index contributed by atoms with van der Waals surface area (Å²) in [6.45, 7) is 0.791. The molecule has 0 aliphatic rings. The molecule has 3 nitrogen and oxygen atoms in total. The molecule has 0 bridgehead atoms. The minimum absolute atomic E-state index is 0.526. The number of aromatic nitrogens is 1. The van der Waals surface area contributed by atoms with Crippen LogP contribution < -0.4 is 0 Å². The van der Waals surface area contributed by atoms with E-state index in [9.17, 15) is 5.11 Å². The van der Waals surface area contributed by atoms with Crippen molar-refractivity contribution < 1.29 is 5.11 Å². The van der Waals surface area contributed by atoms with E-state index in [0.717, 1.165) is 50.5 Å². The molecule has 4 aromatic carbocycles. The molecule has 0 spiro atoms. The van der Waals surface area contributed by atoms with Gasteiger partial charge in [0.05, 0.1) is 11.1 Å². The van der Waals surface area contributed by atoms with Crippen LogP contribution in [-0.2, 0) is 12.0 Å². The van der Waals surface area contributed by atoms with Crippen LogP contribution in [0.2, 0.25) is 0 Å². The van der Waals surface area contributed by atoms with Crippen LogP contribution >= 0.6 is 0 Å². The largest absolute Gasteiger partial charge is 0.385 e. The molecule has 0 aliphatic heterocycles. The Morgan fingerprint density at radius 3 is 2.35 bits per heavy atom. The molecule has 5 aromatic rings. The predicted molar refractivity (Wildman–Crippen MR) is 142 cm³/mol. The first-order chi connectivity index (χ1) is 16.5. The zero-order chi connectivity index (χ0) is 23.5. The van der Waals surface area contributed by atoms with Crippen LogP contribution in [0, 0.1) is 0 Å². The van der Waals surface area contributed by atoms with E-state index in [1.165, 1.54) is 0 Å². The highest BCUT2D eigenvalue weighted by atomic mass is 16.3. The molecule has 0 aliphatic carbocycles. The Morgan fingerprint density at radius 2 is 1.50 bits per heavy atom. The Balaban J connectivity index is 1.61. The predicted octanol–water partition coefficient (Wildman–Crippen LogP) is 6.44. The Bertz CT molecular complexity index is 1440. The second kappa shape index (κ2) is 9.38. The molecule has 34 heavy (non-hydrogen) atoms. The van der Waals surface area contributed by atoms with E-state index < -0.39 is 5.60 Å². The van der Waals surface area contributed by atoms with Gasteiger partial charge in [0.2, 0.25) is 0 Å². The van der Waals surface area contributed by atoms with Crippen molar-refractivity contribution in [1.29, 1.82) is 0 Å². The van der Waals surface area contributed by atoms with Gasteiger partial charge in [-0.2, -0.15) is 0 Å². The molecule has 1 atom stereocenters. The van der Waals surface area contributed by atoms with Gasteiger partial charge in [0.25, 0.3) is 0 Å². The third kappa shape index (κ3) is 4.45. The van der Waals surface area contributed by atoms with Crippen LogP contribution in [0.4, 0.5) is 0 Å². The normalized spacial score (nSPS) is 13.4. The molecular formula is C31H30N2O. The quantitative estimate of drug-likeness (QED) is 0.313. The Hall–Kier alpha value is -3.53. The number of nitrogens with zero attached hydrogens (tertiary/aromatic N) is 2. The van der Waals surface area contributed by atoms with Crippen molar-refractivity contribution in [2.24, 2.45) is 0 Å². The van der Waals surface area contributed by atoms with Crippen LogP contribution in [0.1, 0.15) is 17.5 Å². The fourth-order valence-electron chi connectivity index (χ4n) is 4.85. The van der Waals surface area contributed by atoms with Gasteiger partial charge in [0.15, 0.2) is 0 Å². The van der Waals surface area contributed by atoms with Crippen molar-refractivity contribution in [1.82, 2.24) is 9.88 Å². The van der Waals surface area contributed by atoms with Crippen molar-refractivity contribution in [2.75, 3.05) is 20.6 Å². The van der Waals surface area contributed by atoms with Crippen LogP contribution in [-0.4, -0.2) is 35.6 Å². The van der Waals surface area contributed by atoms with Gasteiger partial charge < -0.3 is 10.0 Å². The maximum atomic E-state index is 12.3. The number of aliphatic hydroxyl groups is 1. The van der Waals surface area contributed by atoms with Gasteiger partial charge in [-0.1, -0.05) is 84.9 Å². The second-order valence-electron chi connectivity index (χ2n) is 9.36. The Labute approximate surface area is 201 Å². The van der Waals surface area contributed by atoms with Crippen molar-refractivity contribution in [3.05, 3.63) is 114 Å². The first-order valence-electron chi connectivity index (χ1n) is 11.8. The number of fused-ring (bicyclic) bond motifs is 2. The van der Waals surface area contributed by atoms with Crippen LogP contribution in [0.3, 0.4) is 0 Å². The first kappa shape index (κ1) is 22.3. The van der Waals surface area contributed by atoms with Gasteiger partial charge in [-0.25, -0.2) is 0 Å². The average molecular weight is 447 g/mol. The number of benzene rings is 4. The summed E-state index contributed by atoms with van der Waals surface area (Å²) in [6.07, 6.45) is 3.11. The van der Waals surface area contributed by atoms with Crippen molar-refractivity contribution in [3.8, 4) is 11.1 Å². The van der Waals surface area contributed by atoms with Crippen molar-refractivity contribution in [3.63, 3.8) is 0 Å². The molecule has 5 rings (SSSR count). The molecule has 3 heteroatoms. The van der Waals surface area contributed by atoms with Gasteiger partial charge in [-0.05, 0) is 60.1 Å². The van der Waals surface area contributed by atoms with Gasteiger partial charge in [-0.3, -0.25) is 4.98 Å². The lowest BCUT2D eigenvalue weighted by Crippen LogP contribution is -2.33. The number of hydrogen-bond donors (Lipinski definition) is 1. The highest BCUT2D eigenvalue weighted by Gasteiger charge is 2.32. The molecule has 1 N–H and O–H groups in total. The number of pyridine rings is 1. The molecule has 0 saturated carbocycles. The second-order valence-corrected chi connectivity index (χ2v) is 9.36. The SMILES string of the molecule is CN(C)CCC(O)(Cc1ccccc1-c1cnc2ccccc2c1)c1cccc2ccccc12. The van der Waals surface area contributed by atoms with E-state index in [1.807, 2.05) is 36.5 Å². The van der Waals surface area contributed by atoms with Gasteiger partial charge >= 0.3 is 0 Å². The van der Waals surface area contributed by atoms with Gasteiger partial charge in [-0.15, -0.1) is 0 Å². The van der Waals surface area contributed by atoms with Crippen LogP contribution in [0.5, 0.6) is 0 Å². The molecule has 170 valence electrons. The molecule has 0 fully saturated rings. The van der Waals surface area contributed by atoms with E-state index in [-0.39, 0.29) is 0 Å². The summed E-state index contributed by atoms with van der Waals surface area (Å²) < 4.78 is 0. The van der Waals surface area contributed by atoms with E-state index in [0.29, 0.717) is 12.8 Å². The van der Waals surface area contributed by atoms with Crippen molar-refractivity contribution in [2.45, 2.75) is 18.4 Å². The first-order valence-corrected chi connectivity index (χ1v) is 11.8.